The van der Waals surface area contributed by atoms with Crippen LogP contribution in [-0.4, -0.2) is 27.0 Å². The molecule has 23 heavy (non-hydrogen) atoms. The van der Waals surface area contributed by atoms with Crippen LogP contribution in [0.2, 0.25) is 0 Å². The molecule has 0 aliphatic heterocycles. The summed E-state index contributed by atoms with van der Waals surface area (Å²) in [6, 6.07) is 10.1. The van der Waals surface area contributed by atoms with Crippen LogP contribution in [0.25, 0.3) is 17.2 Å². The summed E-state index contributed by atoms with van der Waals surface area (Å²) in [6.45, 7) is 1.98. The first-order valence-electron chi connectivity index (χ1n) is 7.39. The Hall–Kier alpha value is -2.75. The van der Waals surface area contributed by atoms with Gasteiger partial charge < -0.3 is 14.3 Å². The number of benzene rings is 2. The summed E-state index contributed by atoms with van der Waals surface area (Å²) in [6.07, 6.45) is 4.03. The van der Waals surface area contributed by atoms with E-state index in [1.54, 1.807) is 21.3 Å². The Morgan fingerprint density at radius 3 is 2.30 bits per heavy atom. The predicted octanol–water partition coefficient (Wildman–Crippen LogP) is 4.12. The maximum absolute atomic E-state index is 5.65. The van der Waals surface area contributed by atoms with Gasteiger partial charge in [-0.2, -0.15) is 0 Å². The van der Waals surface area contributed by atoms with Crippen molar-refractivity contribution in [2.75, 3.05) is 21.3 Å². The van der Waals surface area contributed by atoms with Gasteiger partial charge in [0.1, 0.15) is 12.8 Å². The van der Waals surface area contributed by atoms with E-state index in [1.807, 2.05) is 43.3 Å². The van der Waals surface area contributed by atoms with Crippen molar-refractivity contribution in [3.63, 3.8) is 0 Å². The van der Waals surface area contributed by atoms with E-state index >= 15 is 0 Å². The van der Waals surface area contributed by atoms with Crippen molar-refractivity contribution >= 4 is 11.8 Å². The standard InChI is InChI=1S/C19H19NO3/c1-5-8-12-11-15(21-2)19(22-3)17-13-9-6-7-10-14(13)18(16(12)17)20-23-4/h5-11H,1-4H3/b8-5+,20-18+. The second-order valence-electron chi connectivity index (χ2n) is 5.12. The average molecular weight is 309 g/mol. The van der Waals surface area contributed by atoms with Crippen molar-refractivity contribution in [3.05, 3.63) is 53.1 Å². The number of methoxy groups -OCH3 is 2. The molecule has 0 saturated heterocycles. The topological polar surface area (TPSA) is 40.0 Å². The molecule has 0 radical (unpaired) electrons. The molecule has 1 aliphatic rings. The van der Waals surface area contributed by atoms with Crippen LogP contribution in [0.15, 0.2) is 41.6 Å². The molecule has 4 heteroatoms. The molecule has 0 fully saturated rings. The predicted molar refractivity (Wildman–Crippen MR) is 92.3 cm³/mol. The normalized spacial score (nSPS) is 14.0. The Labute approximate surface area is 136 Å². The minimum atomic E-state index is 0.702. The molecule has 0 atom stereocenters. The number of ether oxygens (including phenoxy) is 2. The highest BCUT2D eigenvalue weighted by atomic mass is 16.6. The summed E-state index contributed by atoms with van der Waals surface area (Å²) in [5, 5.41) is 4.27. The van der Waals surface area contributed by atoms with Crippen LogP contribution in [-0.2, 0) is 4.84 Å². The molecule has 118 valence electrons. The Kier molecular flexibility index (Phi) is 4.06. The highest BCUT2D eigenvalue weighted by Gasteiger charge is 2.32. The SMILES string of the molecule is C/C=C/c1cc(OC)c(OC)c2c1/C(=N/OC)c1ccccc1-2. The van der Waals surface area contributed by atoms with Crippen molar-refractivity contribution in [2.24, 2.45) is 5.16 Å². The lowest BCUT2D eigenvalue weighted by Crippen LogP contribution is -2.03. The first-order valence-corrected chi connectivity index (χ1v) is 7.39. The third-order valence-corrected chi connectivity index (χ3v) is 3.92. The number of rotatable bonds is 4. The number of allylic oxidation sites excluding steroid dienone is 1. The van der Waals surface area contributed by atoms with Crippen LogP contribution < -0.4 is 9.47 Å². The molecule has 0 aromatic heterocycles. The van der Waals surface area contributed by atoms with Gasteiger partial charge in [-0.05, 0) is 24.1 Å². The zero-order valence-electron chi connectivity index (χ0n) is 13.7. The highest BCUT2D eigenvalue weighted by Crippen LogP contribution is 2.49. The van der Waals surface area contributed by atoms with Crippen molar-refractivity contribution < 1.29 is 14.3 Å². The first-order chi connectivity index (χ1) is 11.3. The van der Waals surface area contributed by atoms with Gasteiger partial charge in [-0.1, -0.05) is 41.6 Å². The summed E-state index contributed by atoms with van der Waals surface area (Å²) in [7, 11) is 4.86. The molecule has 1 aliphatic carbocycles. The molecular weight excluding hydrogens is 290 g/mol. The fourth-order valence-corrected chi connectivity index (χ4v) is 3.07. The van der Waals surface area contributed by atoms with Gasteiger partial charge in [-0.25, -0.2) is 0 Å². The smallest absolute Gasteiger partial charge is 0.169 e. The van der Waals surface area contributed by atoms with E-state index in [0.717, 1.165) is 33.5 Å². The largest absolute Gasteiger partial charge is 0.493 e. The minimum absolute atomic E-state index is 0.702. The molecule has 2 aromatic rings. The van der Waals surface area contributed by atoms with Gasteiger partial charge in [0.05, 0.1) is 14.2 Å². The molecule has 0 unspecified atom stereocenters. The monoisotopic (exact) mass is 309 g/mol. The molecule has 2 aromatic carbocycles. The third kappa shape index (κ3) is 2.27. The van der Waals surface area contributed by atoms with Crippen LogP contribution in [0.4, 0.5) is 0 Å². The van der Waals surface area contributed by atoms with E-state index in [-0.39, 0.29) is 0 Å². The summed E-state index contributed by atoms with van der Waals surface area (Å²) in [5.74, 6) is 1.41. The molecule has 0 heterocycles. The van der Waals surface area contributed by atoms with Gasteiger partial charge in [0.25, 0.3) is 0 Å². The number of oxime groups is 1. The summed E-state index contributed by atoms with van der Waals surface area (Å²) >= 11 is 0. The quantitative estimate of drug-likeness (QED) is 0.681. The summed E-state index contributed by atoms with van der Waals surface area (Å²) in [4.78, 5) is 5.09. The second kappa shape index (κ2) is 6.16. The van der Waals surface area contributed by atoms with Crippen LogP contribution in [0.1, 0.15) is 23.6 Å². The van der Waals surface area contributed by atoms with Crippen molar-refractivity contribution in [1.82, 2.24) is 0 Å². The molecule has 4 nitrogen and oxygen atoms in total. The van der Waals surface area contributed by atoms with E-state index < -0.39 is 0 Å². The average Bonchev–Trinajstić information content (AvgIpc) is 2.90. The number of hydrogen-bond donors (Lipinski definition) is 0. The number of hydrogen-bond acceptors (Lipinski definition) is 4. The van der Waals surface area contributed by atoms with Crippen molar-refractivity contribution in [2.45, 2.75) is 6.92 Å². The Bertz CT molecular complexity index is 807. The fraction of sp³-hybridized carbons (Fsp3) is 0.211. The Balaban J connectivity index is 2.46. The summed E-state index contributed by atoms with van der Waals surface area (Å²) in [5.41, 5.74) is 5.93. The third-order valence-electron chi connectivity index (χ3n) is 3.92. The van der Waals surface area contributed by atoms with E-state index in [0.29, 0.717) is 11.5 Å². The lowest BCUT2D eigenvalue weighted by Gasteiger charge is -2.15. The maximum Gasteiger partial charge on any atom is 0.169 e. The van der Waals surface area contributed by atoms with Gasteiger partial charge >= 0.3 is 0 Å². The lowest BCUT2D eigenvalue weighted by molar-refractivity contribution is 0.214. The van der Waals surface area contributed by atoms with Crippen molar-refractivity contribution in [3.8, 4) is 22.6 Å². The molecule has 3 rings (SSSR count). The highest BCUT2D eigenvalue weighted by molar-refractivity contribution is 6.27. The van der Waals surface area contributed by atoms with Crippen LogP contribution in [0.5, 0.6) is 11.5 Å². The number of nitrogens with zero attached hydrogens (tertiary/aromatic N) is 1. The lowest BCUT2D eigenvalue weighted by atomic mass is 9.98. The minimum Gasteiger partial charge on any atom is -0.493 e. The van der Waals surface area contributed by atoms with E-state index in [2.05, 4.69) is 11.2 Å². The van der Waals surface area contributed by atoms with Crippen LogP contribution >= 0.6 is 0 Å². The van der Waals surface area contributed by atoms with E-state index in [9.17, 15) is 0 Å². The molecule has 0 amide bonds. The second-order valence-corrected chi connectivity index (χ2v) is 5.12. The fourth-order valence-electron chi connectivity index (χ4n) is 3.07. The van der Waals surface area contributed by atoms with Crippen LogP contribution in [0.3, 0.4) is 0 Å². The van der Waals surface area contributed by atoms with Gasteiger partial charge in [0, 0.05) is 16.7 Å². The Morgan fingerprint density at radius 2 is 1.70 bits per heavy atom. The van der Waals surface area contributed by atoms with E-state index in [4.69, 9.17) is 14.3 Å². The first kappa shape index (κ1) is 15.2. The zero-order chi connectivity index (χ0) is 16.4. The molecule has 0 bridgehead atoms. The van der Waals surface area contributed by atoms with E-state index in [1.165, 1.54) is 0 Å². The van der Waals surface area contributed by atoms with Crippen molar-refractivity contribution in [1.29, 1.82) is 0 Å². The van der Waals surface area contributed by atoms with Gasteiger partial charge in [-0.15, -0.1) is 0 Å². The Morgan fingerprint density at radius 1 is 0.957 bits per heavy atom. The zero-order valence-corrected chi connectivity index (χ0v) is 13.7. The molecular formula is C19H19NO3. The maximum atomic E-state index is 5.65. The van der Waals surface area contributed by atoms with Gasteiger partial charge in [0.2, 0.25) is 0 Å². The molecule has 0 spiro atoms. The molecule has 0 N–H and O–H groups in total. The summed E-state index contributed by atoms with van der Waals surface area (Å²) < 4.78 is 11.2. The van der Waals surface area contributed by atoms with Gasteiger partial charge in [0.15, 0.2) is 11.5 Å². The number of fused-ring (bicyclic) bond motifs is 3. The van der Waals surface area contributed by atoms with Gasteiger partial charge in [-0.3, -0.25) is 0 Å². The van der Waals surface area contributed by atoms with Crippen LogP contribution in [0, 0.1) is 0 Å². The molecule has 0 saturated carbocycles.